The SMILES string of the molecule is C[C@@H]1CN(CCN2CCC(NC(=O)Oc3cc4c(OCc5coc6cccc(Cl)c56)cccc4[nH]3)CC2)C[C@H](C)[C@H]1O.Cl.Cl. The molecule has 0 spiro atoms. The van der Waals surface area contributed by atoms with Gasteiger partial charge in [-0.15, -0.1) is 24.8 Å². The normalized spacial score (nSPS) is 21.5. The number of nitrogens with zero attached hydrogens (tertiary/aromatic N) is 2. The highest BCUT2D eigenvalue weighted by Crippen LogP contribution is 2.33. The number of halogens is 3. The number of hydrogen-bond donors (Lipinski definition) is 3. The van der Waals surface area contributed by atoms with Crippen molar-refractivity contribution in [2.45, 2.75) is 45.4 Å². The number of hydrogen-bond acceptors (Lipinski definition) is 7. The van der Waals surface area contributed by atoms with Gasteiger partial charge in [0.15, 0.2) is 0 Å². The molecular weight excluding hydrogens is 627 g/mol. The maximum Gasteiger partial charge on any atom is 0.414 e. The minimum absolute atomic E-state index is 0. The number of rotatable bonds is 8. The molecule has 12 heteroatoms. The van der Waals surface area contributed by atoms with E-state index in [0.717, 1.165) is 79.5 Å². The molecule has 2 aromatic carbocycles. The Hall–Kier alpha value is -2.66. The van der Waals surface area contributed by atoms with Gasteiger partial charge in [-0.3, -0.25) is 0 Å². The van der Waals surface area contributed by atoms with Crippen LogP contribution >= 0.6 is 36.4 Å². The molecular formula is C32H41Cl3N4O5. The number of benzene rings is 2. The van der Waals surface area contributed by atoms with Gasteiger partial charge >= 0.3 is 6.09 Å². The van der Waals surface area contributed by atoms with Gasteiger partial charge in [0.25, 0.3) is 0 Å². The van der Waals surface area contributed by atoms with Crippen molar-refractivity contribution in [2.24, 2.45) is 11.8 Å². The predicted octanol–water partition coefficient (Wildman–Crippen LogP) is 6.49. The lowest BCUT2D eigenvalue weighted by Crippen LogP contribution is -2.51. The summed E-state index contributed by atoms with van der Waals surface area (Å²) in [5, 5.41) is 15.5. The second kappa shape index (κ2) is 15.1. The Morgan fingerprint density at radius 3 is 2.52 bits per heavy atom. The number of fused-ring (bicyclic) bond motifs is 2. The first kappa shape index (κ1) is 34.2. The highest BCUT2D eigenvalue weighted by atomic mass is 35.5. The Balaban J connectivity index is 0.00000221. The van der Waals surface area contributed by atoms with Crippen LogP contribution in [0.3, 0.4) is 0 Å². The predicted molar refractivity (Wildman–Crippen MR) is 178 cm³/mol. The van der Waals surface area contributed by atoms with Gasteiger partial charge in [-0.1, -0.05) is 37.6 Å². The maximum absolute atomic E-state index is 12.7. The molecule has 4 heterocycles. The molecule has 240 valence electrons. The Morgan fingerprint density at radius 1 is 1.07 bits per heavy atom. The second-order valence-corrected chi connectivity index (χ2v) is 12.3. The number of aromatic amines is 1. The first-order valence-electron chi connectivity index (χ1n) is 14.8. The fraction of sp³-hybridized carbons (Fsp3) is 0.469. The molecule has 44 heavy (non-hydrogen) atoms. The molecule has 0 bridgehead atoms. The van der Waals surface area contributed by atoms with E-state index in [0.29, 0.717) is 28.5 Å². The van der Waals surface area contributed by atoms with E-state index in [1.807, 2.05) is 36.4 Å². The van der Waals surface area contributed by atoms with E-state index < -0.39 is 6.09 Å². The van der Waals surface area contributed by atoms with Crippen LogP contribution in [0.15, 0.2) is 53.1 Å². The number of amides is 1. The molecule has 2 fully saturated rings. The van der Waals surface area contributed by atoms with E-state index in [4.69, 9.17) is 25.5 Å². The molecule has 2 aromatic heterocycles. The van der Waals surface area contributed by atoms with Crippen molar-refractivity contribution < 1.29 is 23.8 Å². The molecule has 4 aromatic rings. The van der Waals surface area contributed by atoms with E-state index in [2.05, 4.69) is 33.9 Å². The Bertz CT molecular complexity index is 1520. The standard InChI is InChI=1S/C32H39ClN4O5.2ClH/c1-20-16-37(17-21(2)31(20)38)14-13-36-11-9-23(10-12-36)34-32(39)42-29-15-24-26(35-29)6-4-7-27(24)40-18-22-19-41-28-8-3-5-25(33)30(22)28;;/h3-8,15,19-21,23,31,35,38H,9-14,16-18H2,1-2H3,(H,34,39);2*1H/t20-,21+,31+;;. The smallest absolute Gasteiger partial charge is 0.414 e. The first-order chi connectivity index (χ1) is 20.3. The first-order valence-corrected chi connectivity index (χ1v) is 15.2. The Morgan fingerprint density at radius 2 is 1.77 bits per heavy atom. The van der Waals surface area contributed by atoms with Crippen LogP contribution in [0.25, 0.3) is 21.9 Å². The molecule has 0 radical (unpaired) electrons. The topological polar surface area (TPSA) is 103 Å². The number of carbonyl (C=O) groups is 1. The van der Waals surface area contributed by atoms with Crippen molar-refractivity contribution in [3.05, 3.63) is 59.3 Å². The summed E-state index contributed by atoms with van der Waals surface area (Å²) in [5.41, 5.74) is 2.39. The van der Waals surface area contributed by atoms with Crippen LogP contribution in [0, 0.1) is 11.8 Å². The van der Waals surface area contributed by atoms with E-state index in [1.165, 1.54) is 0 Å². The molecule has 2 saturated heterocycles. The minimum atomic E-state index is -0.461. The van der Waals surface area contributed by atoms with Crippen LogP contribution < -0.4 is 14.8 Å². The number of piperidine rings is 2. The minimum Gasteiger partial charge on any atom is -0.488 e. The van der Waals surface area contributed by atoms with E-state index in [1.54, 1.807) is 12.3 Å². The van der Waals surface area contributed by atoms with E-state index >= 15 is 0 Å². The summed E-state index contributed by atoms with van der Waals surface area (Å²) in [6.07, 6.45) is 2.78. The number of aromatic nitrogens is 1. The number of likely N-dealkylation sites (tertiary alicyclic amines) is 2. The Kier molecular flexibility index (Phi) is 11.7. The summed E-state index contributed by atoms with van der Waals surface area (Å²) in [7, 11) is 0. The van der Waals surface area contributed by atoms with Crippen LogP contribution in [0.4, 0.5) is 4.79 Å². The van der Waals surface area contributed by atoms with Gasteiger partial charge in [-0.2, -0.15) is 0 Å². The zero-order chi connectivity index (χ0) is 29.2. The number of carbonyl (C=O) groups excluding carboxylic acids is 1. The largest absolute Gasteiger partial charge is 0.488 e. The number of furan rings is 1. The summed E-state index contributed by atoms with van der Waals surface area (Å²) >= 11 is 6.38. The average molecular weight is 668 g/mol. The zero-order valence-electron chi connectivity index (χ0n) is 25.0. The summed E-state index contributed by atoms with van der Waals surface area (Å²) in [4.78, 5) is 20.8. The summed E-state index contributed by atoms with van der Waals surface area (Å²) in [5.74, 6) is 1.66. The molecule has 3 N–H and O–H groups in total. The van der Waals surface area contributed by atoms with Crippen molar-refractivity contribution in [3.63, 3.8) is 0 Å². The summed E-state index contributed by atoms with van der Waals surface area (Å²) in [6.45, 7) is 10.4. The van der Waals surface area contributed by atoms with Crippen LogP contribution in [-0.2, 0) is 6.61 Å². The molecule has 1 amide bonds. The van der Waals surface area contributed by atoms with E-state index in [9.17, 15) is 9.90 Å². The van der Waals surface area contributed by atoms with Crippen LogP contribution in [-0.4, -0.2) is 77.4 Å². The van der Waals surface area contributed by atoms with Gasteiger partial charge in [0.05, 0.1) is 22.9 Å². The molecule has 2 aliphatic heterocycles. The van der Waals surface area contributed by atoms with Crippen molar-refractivity contribution in [3.8, 4) is 11.6 Å². The van der Waals surface area contributed by atoms with E-state index in [-0.39, 0.29) is 43.6 Å². The van der Waals surface area contributed by atoms with Gasteiger partial charge in [0.1, 0.15) is 17.9 Å². The van der Waals surface area contributed by atoms with Crippen LogP contribution in [0.1, 0.15) is 32.3 Å². The lowest BCUT2D eigenvalue weighted by molar-refractivity contribution is -0.0109. The third-order valence-electron chi connectivity index (χ3n) is 8.71. The third-order valence-corrected chi connectivity index (χ3v) is 9.03. The molecule has 0 unspecified atom stereocenters. The quantitative estimate of drug-likeness (QED) is 0.197. The Labute approximate surface area is 275 Å². The maximum atomic E-state index is 12.7. The number of aliphatic hydroxyl groups excluding tert-OH is 1. The molecule has 0 aliphatic carbocycles. The fourth-order valence-corrected chi connectivity index (χ4v) is 6.67. The van der Waals surface area contributed by atoms with Crippen molar-refractivity contribution in [1.29, 1.82) is 0 Å². The summed E-state index contributed by atoms with van der Waals surface area (Å²) < 4.78 is 17.4. The number of H-pyrrole nitrogens is 1. The number of ether oxygens (including phenoxy) is 2. The molecule has 0 saturated carbocycles. The summed E-state index contributed by atoms with van der Waals surface area (Å²) in [6, 6.07) is 13.1. The monoisotopic (exact) mass is 666 g/mol. The molecule has 9 nitrogen and oxygen atoms in total. The molecule has 3 atom stereocenters. The average Bonchev–Trinajstić information content (AvgIpc) is 3.59. The van der Waals surface area contributed by atoms with Gasteiger partial charge in [0, 0.05) is 67.7 Å². The van der Waals surface area contributed by atoms with Crippen molar-refractivity contribution in [2.75, 3.05) is 39.3 Å². The van der Waals surface area contributed by atoms with Gasteiger partial charge < -0.3 is 39.1 Å². The zero-order valence-corrected chi connectivity index (χ0v) is 27.4. The molecule has 2 aliphatic rings. The molecule has 6 rings (SSSR count). The van der Waals surface area contributed by atoms with Crippen molar-refractivity contribution in [1.82, 2.24) is 20.1 Å². The fourth-order valence-electron chi connectivity index (χ4n) is 6.38. The lowest BCUT2D eigenvalue weighted by Gasteiger charge is -2.40. The van der Waals surface area contributed by atoms with Crippen molar-refractivity contribution >= 4 is 64.4 Å². The lowest BCUT2D eigenvalue weighted by atomic mass is 9.88. The van der Waals surface area contributed by atoms with Crippen LogP contribution in [0.5, 0.6) is 11.6 Å². The van der Waals surface area contributed by atoms with Crippen LogP contribution in [0.2, 0.25) is 5.02 Å². The van der Waals surface area contributed by atoms with Gasteiger partial charge in [-0.25, -0.2) is 4.79 Å². The highest BCUT2D eigenvalue weighted by Gasteiger charge is 2.30. The highest BCUT2D eigenvalue weighted by molar-refractivity contribution is 6.35. The third kappa shape index (κ3) is 7.76. The van der Waals surface area contributed by atoms with Gasteiger partial charge in [-0.05, 0) is 48.9 Å². The number of aliphatic hydroxyl groups is 1. The number of nitrogens with one attached hydrogen (secondary N) is 2. The second-order valence-electron chi connectivity index (χ2n) is 11.9. The van der Waals surface area contributed by atoms with Gasteiger partial charge in [0.2, 0.25) is 5.88 Å².